The second-order valence-corrected chi connectivity index (χ2v) is 8.21. The molecule has 5 aromatic rings. The number of anilines is 1. The van der Waals surface area contributed by atoms with E-state index in [-0.39, 0.29) is 11.5 Å². The normalized spacial score (nSPS) is 10.9. The summed E-state index contributed by atoms with van der Waals surface area (Å²) in [5.41, 5.74) is 4.71. The topological polar surface area (TPSA) is 103 Å². The summed E-state index contributed by atoms with van der Waals surface area (Å²) in [7, 11) is 0. The van der Waals surface area contributed by atoms with Crippen LogP contribution in [0.15, 0.2) is 95.9 Å². The van der Waals surface area contributed by atoms with Gasteiger partial charge in [0.2, 0.25) is 0 Å². The predicted molar refractivity (Wildman–Crippen MR) is 138 cm³/mol. The van der Waals surface area contributed by atoms with Gasteiger partial charge < -0.3 is 20.6 Å². The Labute approximate surface area is 202 Å². The van der Waals surface area contributed by atoms with E-state index in [0.717, 1.165) is 12.0 Å². The summed E-state index contributed by atoms with van der Waals surface area (Å²) < 4.78 is 0. The molecule has 174 valence electrons. The summed E-state index contributed by atoms with van der Waals surface area (Å²) in [4.78, 5) is 36.4. The first-order chi connectivity index (χ1) is 17.2. The van der Waals surface area contributed by atoms with Gasteiger partial charge in [0.05, 0.1) is 16.8 Å². The largest absolute Gasteiger partial charge is 0.384 e. The van der Waals surface area contributed by atoms with Crippen LogP contribution >= 0.6 is 0 Å². The molecular formula is C28H25N5O2. The van der Waals surface area contributed by atoms with Crippen LogP contribution < -0.4 is 16.2 Å². The molecule has 35 heavy (non-hydrogen) atoms. The van der Waals surface area contributed by atoms with Gasteiger partial charge in [-0.1, -0.05) is 66.7 Å². The van der Waals surface area contributed by atoms with Crippen molar-refractivity contribution in [3.8, 4) is 11.4 Å². The van der Waals surface area contributed by atoms with E-state index in [1.54, 1.807) is 18.3 Å². The second kappa shape index (κ2) is 10.1. The van der Waals surface area contributed by atoms with E-state index in [1.165, 1.54) is 5.56 Å². The molecule has 0 saturated carbocycles. The Hall–Kier alpha value is -4.65. The minimum absolute atomic E-state index is 0.222. The lowest BCUT2D eigenvalue weighted by Gasteiger charge is -2.10. The monoisotopic (exact) mass is 463 g/mol. The number of para-hydroxylation sites is 1. The first-order valence-corrected chi connectivity index (χ1v) is 11.5. The Morgan fingerprint density at radius 2 is 1.60 bits per heavy atom. The molecule has 0 atom stereocenters. The maximum atomic E-state index is 12.9. The Morgan fingerprint density at radius 1 is 0.857 bits per heavy atom. The van der Waals surface area contributed by atoms with Gasteiger partial charge in [0.1, 0.15) is 16.9 Å². The number of imidazole rings is 1. The number of aromatic amines is 2. The van der Waals surface area contributed by atoms with E-state index < -0.39 is 0 Å². The first-order valence-electron chi connectivity index (χ1n) is 11.5. The molecule has 0 aliphatic rings. The highest BCUT2D eigenvalue weighted by Crippen LogP contribution is 2.26. The Kier molecular flexibility index (Phi) is 6.39. The molecule has 0 unspecified atom stereocenters. The zero-order valence-electron chi connectivity index (χ0n) is 19.0. The summed E-state index contributed by atoms with van der Waals surface area (Å²) in [5.74, 6) is 0.188. The Morgan fingerprint density at radius 3 is 2.37 bits per heavy atom. The molecule has 4 N–H and O–H groups in total. The number of H-pyrrole nitrogens is 2. The van der Waals surface area contributed by atoms with Crippen molar-refractivity contribution in [1.82, 2.24) is 20.3 Å². The van der Waals surface area contributed by atoms with Gasteiger partial charge in [-0.05, 0) is 35.7 Å². The van der Waals surface area contributed by atoms with Gasteiger partial charge in [0.25, 0.3) is 11.5 Å². The van der Waals surface area contributed by atoms with Crippen molar-refractivity contribution in [2.45, 2.75) is 13.0 Å². The number of carbonyl (C=O) groups is 1. The van der Waals surface area contributed by atoms with E-state index in [9.17, 15) is 9.59 Å². The lowest BCUT2D eigenvalue weighted by molar-refractivity contribution is 0.0952. The van der Waals surface area contributed by atoms with Gasteiger partial charge >= 0.3 is 0 Å². The number of amides is 1. The third-order valence-electron chi connectivity index (χ3n) is 5.82. The summed E-state index contributed by atoms with van der Waals surface area (Å²) in [6, 6.07) is 27.1. The van der Waals surface area contributed by atoms with E-state index in [0.29, 0.717) is 46.8 Å². The van der Waals surface area contributed by atoms with Crippen molar-refractivity contribution in [3.05, 3.63) is 118 Å². The second-order valence-electron chi connectivity index (χ2n) is 8.21. The average molecular weight is 464 g/mol. The zero-order chi connectivity index (χ0) is 24.0. The van der Waals surface area contributed by atoms with Crippen molar-refractivity contribution in [2.24, 2.45) is 0 Å². The highest BCUT2D eigenvalue weighted by Gasteiger charge is 2.18. The highest BCUT2D eigenvalue weighted by molar-refractivity contribution is 6.05. The van der Waals surface area contributed by atoms with Crippen molar-refractivity contribution >= 4 is 22.6 Å². The Balaban J connectivity index is 1.40. The zero-order valence-corrected chi connectivity index (χ0v) is 19.0. The third-order valence-corrected chi connectivity index (χ3v) is 5.82. The molecule has 0 spiro atoms. The number of aromatic nitrogens is 3. The summed E-state index contributed by atoms with van der Waals surface area (Å²) in [6.45, 7) is 1.08. The van der Waals surface area contributed by atoms with Crippen LogP contribution in [0.25, 0.3) is 22.4 Å². The van der Waals surface area contributed by atoms with Crippen molar-refractivity contribution in [1.29, 1.82) is 0 Å². The summed E-state index contributed by atoms with van der Waals surface area (Å²) in [6.07, 6.45) is 2.43. The molecule has 0 fully saturated rings. The van der Waals surface area contributed by atoms with Crippen LogP contribution in [0, 0.1) is 0 Å². The summed E-state index contributed by atoms with van der Waals surface area (Å²) >= 11 is 0. The van der Waals surface area contributed by atoms with Gasteiger partial charge in [-0.2, -0.15) is 0 Å². The average Bonchev–Trinajstić information content (AvgIpc) is 3.32. The molecule has 2 heterocycles. The van der Waals surface area contributed by atoms with E-state index in [4.69, 9.17) is 0 Å². The molecule has 7 heteroatoms. The molecule has 0 saturated heterocycles. The molecule has 1 amide bonds. The molecule has 5 rings (SSSR count). The Bertz CT molecular complexity index is 1510. The number of benzene rings is 3. The number of carbonyl (C=O) groups excluding carboxylic acids is 1. The van der Waals surface area contributed by atoms with Crippen LogP contribution in [0.3, 0.4) is 0 Å². The molecule has 0 bridgehead atoms. The van der Waals surface area contributed by atoms with Crippen LogP contribution in [-0.2, 0) is 13.0 Å². The van der Waals surface area contributed by atoms with E-state index >= 15 is 0 Å². The number of hydrogen-bond acceptors (Lipinski definition) is 4. The maximum Gasteiger partial charge on any atom is 0.261 e. The van der Waals surface area contributed by atoms with Crippen LogP contribution in [0.1, 0.15) is 21.5 Å². The number of hydrogen-bond donors (Lipinski definition) is 4. The van der Waals surface area contributed by atoms with Crippen LogP contribution in [0.4, 0.5) is 5.69 Å². The SMILES string of the molecule is O=C(NCc1ccccc1)c1cccc2[nH]c(-c3c(NCCc4ccccc4)cc[nH]c3=O)nc12. The fourth-order valence-electron chi connectivity index (χ4n) is 4.05. The molecule has 7 nitrogen and oxygen atoms in total. The van der Waals surface area contributed by atoms with E-state index in [2.05, 4.69) is 37.7 Å². The molecule has 0 aliphatic heterocycles. The van der Waals surface area contributed by atoms with Gasteiger partial charge in [0.15, 0.2) is 0 Å². The number of rotatable bonds is 8. The fraction of sp³-hybridized carbons (Fsp3) is 0.107. The van der Waals surface area contributed by atoms with E-state index in [1.807, 2.05) is 60.7 Å². The lowest BCUT2D eigenvalue weighted by Crippen LogP contribution is -2.23. The van der Waals surface area contributed by atoms with Gasteiger partial charge in [-0.25, -0.2) is 4.98 Å². The highest BCUT2D eigenvalue weighted by atomic mass is 16.1. The van der Waals surface area contributed by atoms with Crippen molar-refractivity contribution < 1.29 is 4.79 Å². The molecule has 0 radical (unpaired) electrons. The standard InChI is InChI=1S/C28H25N5O2/c34-27(31-18-20-10-5-2-6-11-20)21-12-7-13-23-25(21)33-26(32-23)24-22(15-17-30-28(24)35)29-16-14-19-8-3-1-4-9-19/h1-13,15,17H,14,16,18H2,(H,31,34)(H,32,33)(H2,29,30,35). The quantitative estimate of drug-likeness (QED) is 0.272. The minimum atomic E-state index is -0.260. The van der Waals surface area contributed by atoms with Crippen molar-refractivity contribution in [3.63, 3.8) is 0 Å². The minimum Gasteiger partial charge on any atom is -0.384 e. The van der Waals surface area contributed by atoms with Crippen LogP contribution in [0.5, 0.6) is 0 Å². The smallest absolute Gasteiger partial charge is 0.261 e. The first kappa shape index (κ1) is 22.2. The number of pyridine rings is 1. The number of nitrogens with one attached hydrogen (secondary N) is 4. The van der Waals surface area contributed by atoms with Crippen LogP contribution in [0.2, 0.25) is 0 Å². The third kappa shape index (κ3) is 4.99. The number of nitrogens with zero attached hydrogens (tertiary/aromatic N) is 1. The van der Waals surface area contributed by atoms with Gasteiger partial charge in [-0.3, -0.25) is 9.59 Å². The summed E-state index contributed by atoms with van der Waals surface area (Å²) in [5, 5.41) is 6.31. The van der Waals surface area contributed by atoms with Crippen molar-refractivity contribution in [2.75, 3.05) is 11.9 Å². The lowest BCUT2D eigenvalue weighted by atomic mass is 10.1. The van der Waals surface area contributed by atoms with Crippen LogP contribution in [-0.4, -0.2) is 27.4 Å². The fourth-order valence-corrected chi connectivity index (χ4v) is 4.05. The molecular weight excluding hydrogens is 438 g/mol. The van der Waals surface area contributed by atoms with Gasteiger partial charge in [0, 0.05) is 19.3 Å². The predicted octanol–water partition coefficient (Wildman–Crippen LogP) is 4.50. The maximum absolute atomic E-state index is 12.9. The molecule has 3 aromatic carbocycles. The molecule has 0 aliphatic carbocycles. The molecule has 2 aromatic heterocycles. The van der Waals surface area contributed by atoms with Gasteiger partial charge in [-0.15, -0.1) is 0 Å². The number of fused-ring (bicyclic) bond motifs is 1.